The molecule has 1 saturated carbocycles. The third-order valence-electron chi connectivity index (χ3n) is 3.92. The first-order chi connectivity index (χ1) is 9.42. The molecule has 1 saturated heterocycles. The molecule has 4 rings (SSSR count). The summed E-state index contributed by atoms with van der Waals surface area (Å²) in [6.45, 7) is 1.08. The summed E-state index contributed by atoms with van der Waals surface area (Å²) in [5.41, 5.74) is 1.29. The van der Waals surface area contributed by atoms with Crippen LogP contribution in [-0.4, -0.2) is 21.7 Å². The van der Waals surface area contributed by atoms with Crippen molar-refractivity contribution in [2.75, 3.05) is 11.4 Å². The quantitative estimate of drug-likeness (QED) is 0.860. The molecule has 2 fully saturated rings. The van der Waals surface area contributed by atoms with Gasteiger partial charge in [0.2, 0.25) is 5.13 Å². The number of nitrogens with zero attached hydrogens (tertiary/aromatic N) is 4. The van der Waals surface area contributed by atoms with Gasteiger partial charge in [0.05, 0.1) is 6.04 Å². The van der Waals surface area contributed by atoms with Crippen molar-refractivity contribution in [3.8, 4) is 0 Å². The maximum absolute atomic E-state index is 4.41. The first-order valence-electron chi connectivity index (χ1n) is 6.92. The number of rotatable bonds is 3. The fourth-order valence-electron chi connectivity index (χ4n) is 2.75. The van der Waals surface area contributed by atoms with Gasteiger partial charge in [0, 0.05) is 24.9 Å². The molecular weight excluding hydrogens is 256 g/mol. The second-order valence-electron chi connectivity index (χ2n) is 5.33. The zero-order valence-electron chi connectivity index (χ0n) is 10.7. The number of hydrogen-bond acceptors (Lipinski definition) is 5. The van der Waals surface area contributed by atoms with Gasteiger partial charge in [-0.15, -0.1) is 10.2 Å². The van der Waals surface area contributed by atoms with Crippen LogP contribution in [0.5, 0.6) is 0 Å². The number of anilines is 1. The van der Waals surface area contributed by atoms with Gasteiger partial charge in [-0.2, -0.15) is 0 Å². The minimum atomic E-state index is 0.425. The van der Waals surface area contributed by atoms with E-state index in [2.05, 4.69) is 26.1 Å². The molecule has 0 N–H and O–H groups in total. The van der Waals surface area contributed by atoms with E-state index < -0.39 is 0 Å². The number of aromatic nitrogens is 3. The summed E-state index contributed by atoms with van der Waals surface area (Å²) in [7, 11) is 0. The predicted octanol–water partition coefficient (Wildman–Crippen LogP) is 3.15. The topological polar surface area (TPSA) is 41.9 Å². The fraction of sp³-hybridized carbons (Fsp3) is 0.500. The highest BCUT2D eigenvalue weighted by Crippen LogP contribution is 2.44. The van der Waals surface area contributed by atoms with Gasteiger partial charge in [-0.25, -0.2) is 0 Å². The Morgan fingerprint density at radius 1 is 1.21 bits per heavy atom. The van der Waals surface area contributed by atoms with E-state index in [4.69, 9.17) is 0 Å². The maximum Gasteiger partial charge on any atom is 0.208 e. The van der Waals surface area contributed by atoms with E-state index in [1.807, 2.05) is 18.5 Å². The van der Waals surface area contributed by atoms with E-state index in [-0.39, 0.29) is 0 Å². The Labute approximate surface area is 116 Å². The van der Waals surface area contributed by atoms with Gasteiger partial charge in [0.15, 0.2) is 0 Å². The van der Waals surface area contributed by atoms with Crippen molar-refractivity contribution in [3.63, 3.8) is 0 Å². The van der Waals surface area contributed by atoms with Crippen molar-refractivity contribution in [2.45, 2.75) is 37.6 Å². The molecule has 19 heavy (non-hydrogen) atoms. The van der Waals surface area contributed by atoms with Crippen LogP contribution in [0, 0.1) is 0 Å². The van der Waals surface area contributed by atoms with Crippen molar-refractivity contribution in [3.05, 3.63) is 35.1 Å². The summed E-state index contributed by atoms with van der Waals surface area (Å²) in [5, 5.41) is 11.1. The molecule has 5 heteroatoms. The van der Waals surface area contributed by atoms with Crippen LogP contribution < -0.4 is 4.90 Å². The molecule has 4 nitrogen and oxygen atoms in total. The molecular formula is C14H16N4S. The lowest BCUT2D eigenvalue weighted by molar-refractivity contribution is 0.709. The van der Waals surface area contributed by atoms with Gasteiger partial charge in [0.1, 0.15) is 5.01 Å². The van der Waals surface area contributed by atoms with E-state index in [9.17, 15) is 0 Å². The zero-order valence-corrected chi connectivity index (χ0v) is 11.5. The zero-order chi connectivity index (χ0) is 12.7. The summed E-state index contributed by atoms with van der Waals surface area (Å²) < 4.78 is 0. The summed E-state index contributed by atoms with van der Waals surface area (Å²) in [6.07, 6.45) is 8.80. The summed E-state index contributed by atoms with van der Waals surface area (Å²) in [4.78, 5) is 6.64. The molecule has 0 radical (unpaired) electrons. The molecule has 2 aromatic rings. The highest BCUT2D eigenvalue weighted by atomic mass is 32.1. The molecule has 0 bridgehead atoms. The van der Waals surface area contributed by atoms with Gasteiger partial charge in [-0.3, -0.25) is 4.98 Å². The second-order valence-corrected chi connectivity index (χ2v) is 6.32. The van der Waals surface area contributed by atoms with E-state index >= 15 is 0 Å². The lowest BCUT2D eigenvalue weighted by Crippen LogP contribution is -2.22. The Balaban J connectivity index is 1.61. The summed E-state index contributed by atoms with van der Waals surface area (Å²) in [6, 6.07) is 4.61. The Kier molecular flexibility index (Phi) is 2.72. The lowest BCUT2D eigenvalue weighted by atomic mass is 10.1. The summed E-state index contributed by atoms with van der Waals surface area (Å²) in [5.74, 6) is 0.700. The van der Waals surface area contributed by atoms with E-state index in [1.54, 1.807) is 11.3 Å². The van der Waals surface area contributed by atoms with Gasteiger partial charge in [0.25, 0.3) is 0 Å². The molecule has 1 atom stereocenters. The minimum Gasteiger partial charge on any atom is -0.340 e. The van der Waals surface area contributed by atoms with Gasteiger partial charge in [-0.1, -0.05) is 17.4 Å². The SMILES string of the molecule is c1cncc(C2CCCN2c2nnc(C3CC3)s2)c1. The number of hydrogen-bond donors (Lipinski definition) is 0. The second kappa shape index (κ2) is 4.56. The highest BCUT2D eigenvalue weighted by molar-refractivity contribution is 7.15. The third kappa shape index (κ3) is 2.12. The van der Waals surface area contributed by atoms with Gasteiger partial charge < -0.3 is 4.90 Å². The first kappa shape index (κ1) is 11.3. The standard InChI is InChI=1S/C14H16N4S/c1-3-11(9-15-7-1)12-4-2-8-18(12)14-17-16-13(19-14)10-5-6-10/h1,3,7,9-10,12H,2,4-6,8H2. The smallest absolute Gasteiger partial charge is 0.208 e. The molecule has 98 valence electrons. The first-order valence-corrected chi connectivity index (χ1v) is 7.73. The van der Waals surface area contributed by atoms with Crippen LogP contribution in [-0.2, 0) is 0 Å². The predicted molar refractivity (Wildman–Crippen MR) is 75.4 cm³/mol. The van der Waals surface area contributed by atoms with E-state index in [0.717, 1.165) is 11.7 Å². The molecule has 0 spiro atoms. The maximum atomic E-state index is 4.41. The van der Waals surface area contributed by atoms with Crippen LogP contribution in [0.25, 0.3) is 0 Å². The molecule has 1 aliphatic carbocycles. The Morgan fingerprint density at radius 2 is 2.16 bits per heavy atom. The number of pyridine rings is 1. The molecule has 2 aromatic heterocycles. The van der Waals surface area contributed by atoms with Gasteiger partial charge in [-0.05, 0) is 37.3 Å². The fourth-order valence-corrected chi connectivity index (χ4v) is 3.84. The molecule has 1 unspecified atom stereocenters. The Bertz CT molecular complexity index is 564. The van der Waals surface area contributed by atoms with Crippen molar-refractivity contribution >= 4 is 16.5 Å². The molecule has 0 aromatic carbocycles. The largest absolute Gasteiger partial charge is 0.340 e. The van der Waals surface area contributed by atoms with E-state index in [1.165, 1.54) is 36.3 Å². The summed E-state index contributed by atoms with van der Waals surface area (Å²) >= 11 is 1.78. The van der Waals surface area contributed by atoms with Gasteiger partial charge >= 0.3 is 0 Å². The van der Waals surface area contributed by atoms with E-state index in [0.29, 0.717) is 12.0 Å². The molecule has 2 aliphatic rings. The van der Waals surface area contributed by atoms with Crippen molar-refractivity contribution < 1.29 is 0 Å². The average Bonchev–Trinajstić information content (AvgIpc) is 3.02. The van der Waals surface area contributed by atoms with Crippen LogP contribution in [0.3, 0.4) is 0 Å². The van der Waals surface area contributed by atoms with Crippen LogP contribution in [0.15, 0.2) is 24.5 Å². The third-order valence-corrected chi connectivity index (χ3v) is 5.05. The Hall–Kier alpha value is -1.49. The van der Waals surface area contributed by atoms with Crippen LogP contribution in [0.4, 0.5) is 5.13 Å². The molecule has 0 amide bonds. The monoisotopic (exact) mass is 272 g/mol. The Morgan fingerprint density at radius 3 is 2.95 bits per heavy atom. The molecule has 3 heterocycles. The normalized spacial score (nSPS) is 22.9. The molecule has 1 aliphatic heterocycles. The van der Waals surface area contributed by atoms with Crippen LogP contribution in [0.2, 0.25) is 0 Å². The lowest BCUT2D eigenvalue weighted by Gasteiger charge is -2.23. The van der Waals surface area contributed by atoms with Crippen molar-refractivity contribution in [1.82, 2.24) is 15.2 Å². The average molecular weight is 272 g/mol. The van der Waals surface area contributed by atoms with Crippen molar-refractivity contribution in [1.29, 1.82) is 0 Å². The van der Waals surface area contributed by atoms with Crippen molar-refractivity contribution in [2.24, 2.45) is 0 Å². The highest BCUT2D eigenvalue weighted by Gasteiger charge is 2.32. The van der Waals surface area contributed by atoms with Crippen LogP contribution >= 0.6 is 11.3 Å². The minimum absolute atomic E-state index is 0.425. The van der Waals surface area contributed by atoms with Crippen LogP contribution in [0.1, 0.15) is 48.2 Å².